The molecular weight excluding hydrogens is 302 g/mol. The summed E-state index contributed by atoms with van der Waals surface area (Å²) >= 11 is 0. The molecule has 128 valence electrons. The number of alkyl carbamates (subject to hydrolysis) is 1. The molecule has 2 atom stereocenters. The fourth-order valence-corrected chi connectivity index (χ4v) is 1.96. The molecule has 0 radical (unpaired) electrons. The average molecular weight is 325 g/mol. The molecule has 1 rings (SSSR count). The molecule has 0 aromatic rings. The van der Waals surface area contributed by atoms with E-state index in [0.717, 1.165) is 0 Å². The van der Waals surface area contributed by atoms with Crippen LogP contribution in [0.1, 0.15) is 34.6 Å². The largest absolute Gasteiger partial charge is 0.463 e. The second kappa shape index (κ2) is 7.80. The molecule has 0 saturated heterocycles. The minimum atomic E-state index is -0.877. The van der Waals surface area contributed by atoms with Gasteiger partial charge in [-0.15, -0.1) is 0 Å². The van der Waals surface area contributed by atoms with Crippen LogP contribution in [-0.4, -0.2) is 42.4 Å². The fourth-order valence-electron chi connectivity index (χ4n) is 1.96. The molecule has 0 aliphatic heterocycles. The van der Waals surface area contributed by atoms with Crippen LogP contribution in [-0.2, 0) is 23.8 Å². The Morgan fingerprint density at radius 1 is 1.26 bits per heavy atom. The van der Waals surface area contributed by atoms with Crippen LogP contribution in [0.3, 0.4) is 0 Å². The van der Waals surface area contributed by atoms with Gasteiger partial charge in [-0.1, -0.05) is 6.08 Å². The summed E-state index contributed by atoms with van der Waals surface area (Å²) in [4.78, 5) is 35.3. The number of carbonyl (C=O) groups excluding carboxylic acids is 3. The van der Waals surface area contributed by atoms with Crippen molar-refractivity contribution in [2.24, 2.45) is 0 Å². The van der Waals surface area contributed by atoms with E-state index >= 15 is 0 Å². The van der Waals surface area contributed by atoms with Crippen molar-refractivity contribution in [3.05, 3.63) is 23.8 Å². The Balaban J connectivity index is 2.97. The zero-order valence-corrected chi connectivity index (χ0v) is 14.0. The number of carbonyl (C=O) groups is 3. The van der Waals surface area contributed by atoms with Crippen molar-refractivity contribution in [1.82, 2.24) is 5.32 Å². The highest BCUT2D eigenvalue weighted by Gasteiger charge is 2.34. The Labute approximate surface area is 135 Å². The van der Waals surface area contributed by atoms with E-state index < -0.39 is 35.8 Å². The van der Waals surface area contributed by atoms with Crippen molar-refractivity contribution in [1.29, 1.82) is 0 Å². The Bertz CT molecular complexity index is 529. The molecule has 0 unspecified atom stereocenters. The van der Waals surface area contributed by atoms with Crippen LogP contribution < -0.4 is 5.32 Å². The lowest BCUT2D eigenvalue weighted by Gasteiger charge is -2.29. The fraction of sp³-hybridized carbons (Fsp3) is 0.562. The standard InChI is InChI=1S/C16H23NO6/c1-6-21-14(19)11-8-7-9-12(22-10(2)18)13(11)17-15(20)23-16(3,4)5/h7-9,12-13H,6H2,1-5H3,(H,17,20)/t12-,13-/m0/s1. The third-order valence-electron chi connectivity index (χ3n) is 2.73. The number of hydrogen-bond donors (Lipinski definition) is 1. The van der Waals surface area contributed by atoms with Crippen molar-refractivity contribution in [2.45, 2.75) is 52.4 Å². The molecular formula is C16H23NO6. The minimum Gasteiger partial charge on any atom is -0.463 e. The number of esters is 2. The van der Waals surface area contributed by atoms with Crippen molar-refractivity contribution < 1.29 is 28.6 Å². The number of hydrogen-bond acceptors (Lipinski definition) is 6. The summed E-state index contributed by atoms with van der Waals surface area (Å²) in [6, 6.07) is -0.877. The van der Waals surface area contributed by atoms with Gasteiger partial charge in [0.1, 0.15) is 17.7 Å². The summed E-state index contributed by atoms with van der Waals surface area (Å²) < 4.78 is 15.3. The maximum absolute atomic E-state index is 12.0. The van der Waals surface area contributed by atoms with Gasteiger partial charge < -0.3 is 19.5 Å². The number of rotatable bonds is 4. The third kappa shape index (κ3) is 6.14. The number of nitrogens with one attached hydrogen (secondary N) is 1. The van der Waals surface area contributed by atoms with Crippen molar-refractivity contribution in [2.75, 3.05) is 6.61 Å². The zero-order chi connectivity index (χ0) is 17.6. The van der Waals surface area contributed by atoms with E-state index in [4.69, 9.17) is 14.2 Å². The van der Waals surface area contributed by atoms with Gasteiger partial charge in [0.25, 0.3) is 0 Å². The molecule has 1 aliphatic rings. The van der Waals surface area contributed by atoms with Gasteiger partial charge in [0, 0.05) is 6.92 Å². The van der Waals surface area contributed by atoms with Crippen molar-refractivity contribution in [3.63, 3.8) is 0 Å². The highest BCUT2D eigenvalue weighted by Crippen LogP contribution is 2.19. The minimum absolute atomic E-state index is 0.187. The predicted octanol–water partition coefficient (Wildman–Crippen LogP) is 1.87. The number of allylic oxidation sites excluding steroid dienone is 2. The number of amides is 1. The lowest BCUT2D eigenvalue weighted by molar-refractivity contribution is -0.147. The summed E-state index contributed by atoms with van der Waals surface area (Å²) in [6.07, 6.45) is 3.13. The highest BCUT2D eigenvalue weighted by atomic mass is 16.6. The highest BCUT2D eigenvalue weighted by molar-refractivity contribution is 5.92. The molecule has 0 spiro atoms. The summed E-state index contributed by atoms with van der Waals surface area (Å²) in [7, 11) is 0. The molecule has 0 aromatic heterocycles. The Morgan fingerprint density at radius 2 is 1.91 bits per heavy atom. The summed E-state index contributed by atoms with van der Waals surface area (Å²) in [5.74, 6) is -1.11. The first-order chi connectivity index (χ1) is 10.6. The lowest BCUT2D eigenvalue weighted by Crippen LogP contribution is -2.49. The average Bonchev–Trinajstić information content (AvgIpc) is 2.38. The topological polar surface area (TPSA) is 90.9 Å². The van der Waals surface area contributed by atoms with Gasteiger partial charge in [-0.05, 0) is 39.8 Å². The number of ether oxygens (including phenoxy) is 3. The van der Waals surface area contributed by atoms with Crippen LogP contribution in [0, 0.1) is 0 Å². The van der Waals surface area contributed by atoms with Crippen LogP contribution in [0.25, 0.3) is 0 Å². The first-order valence-electron chi connectivity index (χ1n) is 7.36. The van der Waals surface area contributed by atoms with Crippen molar-refractivity contribution >= 4 is 18.0 Å². The summed E-state index contributed by atoms with van der Waals surface area (Å²) in [5.41, 5.74) is -0.509. The normalized spacial score (nSPS) is 20.3. The Kier molecular flexibility index (Phi) is 6.36. The van der Waals surface area contributed by atoms with Gasteiger partial charge in [-0.2, -0.15) is 0 Å². The third-order valence-corrected chi connectivity index (χ3v) is 2.73. The van der Waals surface area contributed by atoms with E-state index in [1.165, 1.54) is 13.0 Å². The second-order valence-corrected chi connectivity index (χ2v) is 5.93. The Morgan fingerprint density at radius 3 is 2.43 bits per heavy atom. The van der Waals surface area contributed by atoms with E-state index in [2.05, 4.69) is 5.32 Å². The first-order valence-corrected chi connectivity index (χ1v) is 7.36. The molecule has 1 N–H and O–H groups in total. The van der Waals surface area contributed by atoms with Crippen LogP contribution >= 0.6 is 0 Å². The van der Waals surface area contributed by atoms with Crippen LogP contribution in [0.15, 0.2) is 23.8 Å². The summed E-state index contributed by atoms with van der Waals surface area (Å²) in [6.45, 7) is 8.28. The van der Waals surface area contributed by atoms with E-state index in [1.54, 1.807) is 39.8 Å². The van der Waals surface area contributed by atoms with Gasteiger partial charge in [0.2, 0.25) is 0 Å². The molecule has 0 saturated carbocycles. The Hall–Kier alpha value is -2.31. The van der Waals surface area contributed by atoms with Gasteiger partial charge in [0.15, 0.2) is 0 Å². The van der Waals surface area contributed by atoms with E-state index in [-0.39, 0.29) is 12.2 Å². The SMILES string of the molecule is CCOC(=O)C1=CC=C[C@H](OC(C)=O)[C@H]1NC(=O)OC(C)(C)C. The van der Waals surface area contributed by atoms with Crippen LogP contribution in [0.2, 0.25) is 0 Å². The van der Waals surface area contributed by atoms with Gasteiger partial charge in [0.05, 0.1) is 12.2 Å². The molecule has 7 nitrogen and oxygen atoms in total. The first kappa shape index (κ1) is 18.7. The molecule has 23 heavy (non-hydrogen) atoms. The van der Waals surface area contributed by atoms with Gasteiger partial charge >= 0.3 is 18.0 Å². The van der Waals surface area contributed by atoms with E-state index in [1.807, 2.05) is 0 Å². The molecule has 0 heterocycles. The van der Waals surface area contributed by atoms with Gasteiger partial charge in [-0.25, -0.2) is 9.59 Å². The molecule has 0 fully saturated rings. The summed E-state index contributed by atoms with van der Waals surface area (Å²) in [5, 5.41) is 2.56. The molecule has 1 aliphatic carbocycles. The quantitative estimate of drug-likeness (QED) is 0.627. The lowest BCUT2D eigenvalue weighted by atomic mass is 9.96. The monoisotopic (exact) mass is 325 g/mol. The smallest absolute Gasteiger partial charge is 0.408 e. The molecule has 1 amide bonds. The second-order valence-electron chi connectivity index (χ2n) is 5.93. The van der Waals surface area contributed by atoms with Crippen molar-refractivity contribution in [3.8, 4) is 0 Å². The van der Waals surface area contributed by atoms with E-state index in [0.29, 0.717) is 0 Å². The molecule has 0 bridgehead atoms. The van der Waals surface area contributed by atoms with Gasteiger partial charge in [-0.3, -0.25) is 4.79 Å². The van der Waals surface area contributed by atoms with Crippen LogP contribution in [0.5, 0.6) is 0 Å². The maximum atomic E-state index is 12.0. The zero-order valence-electron chi connectivity index (χ0n) is 14.0. The molecule has 0 aromatic carbocycles. The van der Waals surface area contributed by atoms with Crippen LogP contribution in [0.4, 0.5) is 4.79 Å². The molecule has 7 heteroatoms. The van der Waals surface area contributed by atoms with E-state index in [9.17, 15) is 14.4 Å². The maximum Gasteiger partial charge on any atom is 0.408 e. The predicted molar refractivity (Wildman–Crippen MR) is 82.6 cm³/mol.